The number of aromatic hydroxyl groups is 1. The summed E-state index contributed by atoms with van der Waals surface area (Å²) in [5, 5.41) is 18.2. The number of aryl methyl sites for hydroxylation is 1. The number of phenols is 1. The summed E-state index contributed by atoms with van der Waals surface area (Å²) in [5.74, 6) is -0.117. The number of hydrogen-bond donors (Lipinski definition) is 2. The zero-order valence-corrected chi connectivity index (χ0v) is 9.73. The summed E-state index contributed by atoms with van der Waals surface area (Å²) in [7, 11) is 0. The fourth-order valence-electron chi connectivity index (χ4n) is 1.59. The molecule has 88 valence electrons. The van der Waals surface area contributed by atoms with Crippen LogP contribution in [-0.4, -0.2) is 16.2 Å². The molecular formula is C13H18O3. The molecule has 3 nitrogen and oxygen atoms in total. The molecule has 0 aliphatic heterocycles. The van der Waals surface area contributed by atoms with Gasteiger partial charge >= 0.3 is 5.97 Å². The van der Waals surface area contributed by atoms with Crippen molar-refractivity contribution in [1.29, 1.82) is 0 Å². The van der Waals surface area contributed by atoms with E-state index in [9.17, 15) is 9.90 Å². The Morgan fingerprint density at radius 1 is 1.38 bits per heavy atom. The van der Waals surface area contributed by atoms with Crippen LogP contribution in [0.2, 0.25) is 0 Å². The zero-order valence-electron chi connectivity index (χ0n) is 9.73. The van der Waals surface area contributed by atoms with Crippen LogP contribution in [0.15, 0.2) is 18.2 Å². The van der Waals surface area contributed by atoms with Crippen molar-refractivity contribution >= 4 is 5.97 Å². The maximum absolute atomic E-state index is 10.4. The first-order chi connectivity index (χ1) is 7.50. The molecule has 0 amide bonds. The number of hydrogen-bond acceptors (Lipinski definition) is 2. The van der Waals surface area contributed by atoms with Gasteiger partial charge < -0.3 is 10.2 Å². The second-order valence-electron chi connectivity index (χ2n) is 4.29. The van der Waals surface area contributed by atoms with E-state index >= 15 is 0 Å². The first-order valence-corrected chi connectivity index (χ1v) is 5.54. The van der Waals surface area contributed by atoms with Crippen LogP contribution in [0.25, 0.3) is 0 Å². The molecule has 0 saturated carbocycles. The molecule has 16 heavy (non-hydrogen) atoms. The summed E-state index contributed by atoms with van der Waals surface area (Å²) in [4.78, 5) is 10.4. The Morgan fingerprint density at radius 3 is 2.62 bits per heavy atom. The highest BCUT2D eigenvalue weighted by atomic mass is 16.4. The smallest absolute Gasteiger partial charge is 0.303 e. The summed E-state index contributed by atoms with van der Waals surface area (Å²) in [6, 6.07) is 5.55. The fourth-order valence-corrected chi connectivity index (χ4v) is 1.59. The van der Waals surface area contributed by atoms with E-state index in [4.69, 9.17) is 5.11 Å². The quantitative estimate of drug-likeness (QED) is 0.805. The van der Waals surface area contributed by atoms with Crippen LogP contribution in [0.4, 0.5) is 0 Å². The molecule has 1 aromatic carbocycles. The Bertz CT molecular complexity index is 369. The van der Waals surface area contributed by atoms with Crippen LogP contribution in [0.3, 0.4) is 0 Å². The molecule has 0 radical (unpaired) electrons. The topological polar surface area (TPSA) is 57.5 Å². The van der Waals surface area contributed by atoms with E-state index in [1.165, 1.54) is 5.56 Å². The third-order valence-electron chi connectivity index (χ3n) is 2.61. The van der Waals surface area contributed by atoms with Gasteiger partial charge in [0.1, 0.15) is 5.75 Å². The number of benzene rings is 1. The van der Waals surface area contributed by atoms with Crippen molar-refractivity contribution in [3.8, 4) is 5.75 Å². The largest absolute Gasteiger partial charge is 0.508 e. The van der Waals surface area contributed by atoms with Crippen molar-refractivity contribution in [2.24, 2.45) is 0 Å². The van der Waals surface area contributed by atoms with Gasteiger partial charge in [-0.15, -0.1) is 0 Å². The minimum absolute atomic E-state index is 0.144. The highest BCUT2D eigenvalue weighted by Crippen LogP contribution is 2.24. The van der Waals surface area contributed by atoms with E-state index in [2.05, 4.69) is 13.8 Å². The number of phenolic OH excluding ortho intramolecular Hbond substituents is 1. The molecule has 1 rings (SSSR count). The molecule has 3 heteroatoms. The number of carboxylic acids is 1. The molecule has 2 N–H and O–H groups in total. The van der Waals surface area contributed by atoms with E-state index in [1.54, 1.807) is 6.07 Å². The normalized spacial score (nSPS) is 10.7. The number of carbonyl (C=O) groups is 1. The minimum atomic E-state index is -0.792. The molecule has 0 aliphatic rings. The number of carboxylic acid groups (broad SMARTS) is 1. The standard InChI is InChI=1S/C13H18O3/c1-9(2)10-6-7-12(14)11(8-10)4-3-5-13(15)16/h6-9,14H,3-5H2,1-2H3,(H,15,16). The van der Waals surface area contributed by atoms with Gasteiger partial charge in [-0.05, 0) is 36.0 Å². The highest BCUT2D eigenvalue weighted by Gasteiger charge is 2.06. The second-order valence-corrected chi connectivity index (χ2v) is 4.29. The monoisotopic (exact) mass is 222 g/mol. The molecule has 0 heterocycles. The van der Waals surface area contributed by atoms with Crippen molar-refractivity contribution < 1.29 is 15.0 Å². The van der Waals surface area contributed by atoms with Gasteiger partial charge in [-0.25, -0.2) is 0 Å². The molecule has 0 saturated heterocycles. The van der Waals surface area contributed by atoms with Gasteiger partial charge in [0.15, 0.2) is 0 Å². The summed E-state index contributed by atoms with van der Waals surface area (Å²) >= 11 is 0. The van der Waals surface area contributed by atoms with Gasteiger partial charge in [0.05, 0.1) is 0 Å². The van der Waals surface area contributed by atoms with Crippen molar-refractivity contribution in [3.63, 3.8) is 0 Å². The maximum atomic E-state index is 10.4. The Labute approximate surface area is 95.7 Å². The molecule has 0 atom stereocenters. The fraction of sp³-hybridized carbons (Fsp3) is 0.462. The summed E-state index contributed by atoms with van der Waals surface area (Å²) < 4.78 is 0. The second kappa shape index (κ2) is 5.54. The van der Waals surface area contributed by atoms with Crippen LogP contribution >= 0.6 is 0 Å². The zero-order chi connectivity index (χ0) is 12.1. The average molecular weight is 222 g/mol. The van der Waals surface area contributed by atoms with E-state index in [1.807, 2.05) is 12.1 Å². The van der Waals surface area contributed by atoms with Gasteiger partial charge in [-0.2, -0.15) is 0 Å². The Hall–Kier alpha value is -1.51. The third-order valence-corrected chi connectivity index (χ3v) is 2.61. The Kier molecular flexibility index (Phi) is 4.35. The summed E-state index contributed by atoms with van der Waals surface area (Å²) in [6.07, 6.45) is 1.31. The van der Waals surface area contributed by atoms with E-state index in [-0.39, 0.29) is 12.2 Å². The van der Waals surface area contributed by atoms with Crippen LogP contribution in [0.1, 0.15) is 43.7 Å². The summed E-state index contributed by atoms with van der Waals surface area (Å²) in [6.45, 7) is 4.18. The van der Waals surface area contributed by atoms with Crippen molar-refractivity contribution in [3.05, 3.63) is 29.3 Å². The summed E-state index contributed by atoms with van der Waals surface area (Å²) in [5.41, 5.74) is 2.01. The lowest BCUT2D eigenvalue weighted by Gasteiger charge is -2.09. The van der Waals surface area contributed by atoms with Gasteiger partial charge in [-0.3, -0.25) is 4.79 Å². The van der Waals surface area contributed by atoms with E-state index in [0.29, 0.717) is 18.8 Å². The van der Waals surface area contributed by atoms with Gasteiger partial charge in [0.2, 0.25) is 0 Å². The lowest BCUT2D eigenvalue weighted by atomic mass is 9.98. The molecular weight excluding hydrogens is 204 g/mol. The Balaban J connectivity index is 2.70. The molecule has 0 aliphatic carbocycles. The Morgan fingerprint density at radius 2 is 2.06 bits per heavy atom. The third kappa shape index (κ3) is 3.57. The van der Waals surface area contributed by atoms with Crippen LogP contribution in [0, 0.1) is 0 Å². The van der Waals surface area contributed by atoms with E-state index < -0.39 is 5.97 Å². The van der Waals surface area contributed by atoms with Gasteiger partial charge in [0.25, 0.3) is 0 Å². The van der Waals surface area contributed by atoms with Crippen LogP contribution in [0.5, 0.6) is 5.75 Å². The van der Waals surface area contributed by atoms with Crippen molar-refractivity contribution in [2.75, 3.05) is 0 Å². The number of aliphatic carboxylic acids is 1. The van der Waals surface area contributed by atoms with Crippen LogP contribution in [-0.2, 0) is 11.2 Å². The number of rotatable bonds is 5. The van der Waals surface area contributed by atoms with Gasteiger partial charge in [-0.1, -0.05) is 26.0 Å². The van der Waals surface area contributed by atoms with Crippen molar-refractivity contribution in [1.82, 2.24) is 0 Å². The first kappa shape index (κ1) is 12.6. The maximum Gasteiger partial charge on any atom is 0.303 e. The van der Waals surface area contributed by atoms with Crippen molar-refractivity contribution in [2.45, 2.75) is 39.0 Å². The molecule has 0 fully saturated rings. The lowest BCUT2D eigenvalue weighted by molar-refractivity contribution is -0.137. The van der Waals surface area contributed by atoms with Crippen LogP contribution < -0.4 is 0 Å². The van der Waals surface area contributed by atoms with Gasteiger partial charge in [0, 0.05) is 6.42 Å². The average Bonchev–Trinajstić information content (AvgIpc) is 2.20. The first-order valence-electron chi connectivity index (χ1n) is 5.54. The lowest BCUT2D eigenvalue weighted by Crippen LogP contribution is -1.97. The molecule has 0 unspecified atom stereocenters. The van der Waals surface area contributed by atoms with E-state index in [0.717, 1.165) is 5.56 Å². The predicted octanol–water partition coefficient (Wildman–Crippen LogP) is 2.92. The minimum Gasteiger partial charge on any atom is -0.508 e. The molecule has 0 bridgehead atoms. The highest BCUT2D eigenvalue weighted by molar-refractivity contribution is 5.66. The molecule has 0 aromatic heterocycles. The molecule has 0 spiro atoms. The SMILES string of the molecule is CC(C)c1ccc(O)c(CCCC(=O)O)c1. The predicted molar refractivity (Wildman–Crippen MR) is 62.8 cm³/mol. The molecule has 1 aromatic rings.